The van der Waals surface area contributed by atoms with E-state index in [1.54, 1.807) is 0 Å². The van der Waals surface area contributed by atoms with E-state index in [4.69, 9.17) is 0 Å². The maximum absolute atomic E-state index is 12.3. The summed E-state index contributed by atoms with van der Waals surface area (Å²) in [5, 5.41) is 4.84. The van der Waals surface area contributed by atoms with Crippen LogP contribution in [0.15, 0.2) is 72.1 Å². The van der Waals surface area contributed by atoms with Crippen LogP contribution in [0.25, 0.3) is 0 Å². The molecule has 0 aliphatic rings. The minimum atomic E-state index is -0.0822. The average Bonchev–Trinajstić information content (AvgIpc) is 3.08. The van der Waals surface area contributed by atoms with Crippen molar-refractivity contribution >= 4 is 17.2 Å². The Balaban J connectivity index is 1.71. The molecule has 0 atom stereocenters. The molecule has 0 saturated carbocycles. The van der Waals surface area contributed by atoms with Gasteiger partial charge in [0.2, 0.25) is 0 Å². The summed E-state index contributed by atoms with van der Waals surface area (Å²) in [5.74, 6) is 6.10. The summed E-state index contributed by atoms with van der Waals surface area (Å²) in [6, 6.07) is 21.5. The molecule has 0 unspecified atom stereocenters. The van der Waals surface area contributed by atoms with Crippen LogP contribution in [0.2, 0.25) is 0 Å². The zero-order chi connectivity index (χ0) is 15.9. The standard InChI is InChI=1S/C20H15NOS/c22-20(21-15-17-9-5-2-6-10-17)19-18(13-14-23-19)12-11-16-7-3-1-4-8-16/h1-10,13-14H,15H2,(H,21,22). The molecular formula is C20H15NOS. The van der Waals surface area contributed by atoms with Crippen molar-refractivity contribution in [1.29, 1.82) is 0 Å². The average molecular weight is 317 g/mol. The second kappa shape index (κ2) is 7.44. The van der Waals surface area contributed by atoms with E-state index in [0.717, 1.165) is 16.7 Å². The van der Waals surface area contributed by atoms with E-state index in [9.17, 15) is 4.79 Å². The third-order valence-electron chi connectivity index (χ3n) is 3.28. The van der Waals surface area contributed by atoms with Gasteiger partial charge in [-0.3, -0.25) is 4.79 Å². The van der Waals surface area contributed by atoms with Crippen molar-refractivity contribution in [3.63, 3.8) is 0 Å². The zero-order valence-electron chi connectivity index (χ0n) is 12.5. The third-order valence-corrected chi connectivity index (χ3v) is 4.20. The van der Waals surface area contributed by atoms with Crippen molar-refractivity contribution in [2.75, 3.05) is 0 Å². The van der Waals surface area contributed by atoms with E-state index in [-0.39, 0.29) is 5.91 Å². The first-order valence-corrected chi connectivity index (χ1v) is 8.17. The Morgan fingerprint density at radius 3 is 2.35 bits per heavy atom. The maximum atomic E-state index is 12.3. The molecule has 2 nitrogen and oxygen atoms in total. The topological polar surface area (TPSA) is 29.1 Å². The summed E-state index contributed by atoms with van der Waals surface area (Å²) in [4.78, 5) is 13.0. The van der Waals surface area contributed by atoms with Crippen molar-refractivity contribution in [3.8, 4) is 11.8 Å². The molecule has 23 heavy (non-hydrogen) atoms. The number of hydrogen-bond acceptors (Lipinski definition) is 2. The molecule has 0 spiro atoms. The van der Waals surface area contributed by atoms with Gasteiger partial charge in [-0.2, -0.15) is 0 Å². The van der Waals surface area contributed by atoms with Crippen molar-refractivity contribution in [3.05, 3.63) is 93.7 Å². The molecule has 1 aromatic heterocycles. The lowest BCUT2D eigenvalue weighted by molar-refractivity contribution is 0.0955. The first-order valence-electron chi connectivity index (χ1n) is 7.29. The summed E-state index contributed by atoms with van der Waals surface area (Å²) in [6.45, 7) is 0.517. The molecule has 0 saturated heterocycles. The molecule has 0 radical (unpaired) electrons. The summed E-state index contributed by atoms with van der Waals surface area (Å²) in [5.41, 5.74) is 2.79. The number of benzene rings is 2. The molecule has 3 aromatic rings. The van der Waals surface area contributed by atoms with Gasteiger partial charge in [0, 0.05) is 17.7 Å². The lowest BCUT2D eigenvalue weighted by Crippen LogP contribution is -2.22. The molecule has 112 valence electrons. The van der Waals surface area contributed by atoms with Crippen LogP contribution >= 0.6 is 11.3 Å². The number of thiophene rings is 1. The second-order valence-electron chi connectivity index (χ2n) is 4.95. The molecular weight excluding hydrogens is 302 g/mol. The Hall–Kier alpha value is -2.83. The molecule has 2 aromatic carbocycles. The van der Waals surface area contributed by atoms with Gasteiger partial charge in [-0.25, -0.2) is 0 Å². The van der Waals surface area contributed by atoms with Crippen LogP contribution in [-0.2, 0) is 6.54 Å². The highest BCUT2D eigenvalue weighted by Crippen LogP contribution is 2.16. The SMILES string of the molecule is O=C(NCc1ccccc1)c1sccc1C#Cc1ccccc1. The van der Waals surface area contributed by atoms with Gasteiger partial charge in [0.1, 0.15) is 4.88 Å². The van der Waals surface area contributed by atoms with Gasteiger partial charge >= 0.3 is 0 Å². The Morgan fingerprint density at radius 2 is 1.61 bits per heavy atom. The van der Waals surface area contributed by atoms with Gasteiger partial charge in [0.25, 0.3) is 5.91 Å². The second-order valence-corrected chi connectivity index (χ2v) is 5.86. The molecule has 1 N–H and O–H groups in total. The lowest BCUT2D eigenvalue weighted by Gasteiger charge is -2.04. The minimum Gasteiger partial charge on any atom is -0.347 e. The normalized spacial score (nSPS) is 9.74. The molecule has 1 heterocycles. The van der Waals surface area contributed by atoms with E-state index in [1.165, 1.54) is 11.3 Å². The molecule has 0 aliphatic heterocycles. The van der Waals surface area contributed by atoms with Crippen LogP contribution < -0.4 is 5.32 Å². The van der Waals surface area contributed by atoms with Crippen LogP contribution in [-0.4, -0.2) is 5.91 Å². The first kappa shape index (κ1) is 15.1. The zero-order valence-corrected chi connectivity index (χ0v) is 13.3. The summed E-state index contributed by atoms with van der Waals surface area (Å²) in [7, 11) is 0. The fourth-order valence-corrected chi connectivity index (χ4v) is 2.87. The van der Waals surface area contributed by atoms with Crippen LogP contribution in [0.3, 0.4) is 0 Å². The van der Waals surface area contributed by atoms with E-state index >= 15 is 0 Å². The Labute approximate surface area is 139 Å². The molecule has 3 rings (SSSR count). The van der Waals surface area contributed by atoms with Crippen molar-refractivity contribution < 1.29 is 4.79 Å². The maximum Gasteiger partial charge on any atom is 0.262 e. The minimum absolute atomic E-state index is 0.0822. The Morgan fingerprint density at radius 1 is 0.913 bits per heavy atom. The Bertz CT molecular complexity index is 841. The number of carbonyl (C=O) groups is 1. The fourth-order valence-electron chi connectivity index (χ4n) is 2.10. The number of nitrogens with one attached hydrogen (secondary N) is 1. The highest BCUT2D eigenvalue weighted by atomic mass is 32.1. The van der Waals surface area contributed by atoms with Gasteiger partial charge in [0.15, 0.2) is 0 Å². The quantitative estimate of drug-likeness (QED) is 0.725. The van der Waals surface area contributed by atoms with Crippen LogP contribution in [0, 0.1) is 11.8 Å². The van der Waals surface area contributed by atoms with Crippen molar-refractivity contribution in [2.45, 2.75) is 6.54 Å². The van der Waals surface area contributed by atoms with E-state index in [0.29, 0.717) is 11.4 Å². The van der Waals surface area contributed by atoms with Gasteiger partial charge in [0.05, 0.1) is 0 Å². The molecule has 1 amide bonds. The van der Waals surface area contributed by atoms with Crippen LogP contribution in [0.1, 0.15) is 26.4 Å². The summed E-state index contributed by atoms with van der Waals surface area (Å²) < 4.78 is 0. The van der Waals surface area contributed by atoms with E-state index < -0.39 is 0 Å². The van der Waals surface area contributed by atoms with E-state index in [2.05, 4.69) is 17.2 Å². The summed E-state index contributed by atoms with van der Waals surface area (Å²) in [6.07, 6.45) is 0. The molecule has 0 aliphatic carbocycles. The number of carbonyl (C=O) groups excluding carboxylic acids is 1. The molecule has 0 bridgehead atoms. The first-order chi connectivity index (χ1) is 11.3. The van der Waals surface area contributed by atoms with E-state index in [1.807, 2.05) is 72.1 Å². The predicted octanol–water partition coefficient (Wildman–Crippen LogP) is 4.08. The highest BCUT2D eigenvalue weighted by Gasteiger charge is 2.11. The predicted molar refractivity (Wildman–Crippen MR) is 94.4 cm³/mol. The number of amides is 1. The Kier molecular flexibility index (Phi) is 4.88. The van der Waals surface area contributed by atoms with Crippen LogP contribution in [0.5, 0.6) is 0 Å². The van der Waals surface area contributed by atoms with Gasteiger partial charge in [-0.1, -0.05) is 60.4 Å². The van der Waals surface area contributed by atoms with Gasteiger partial charge in [-0.05, 0) is 29.1 Å². The monoisotopic (exact) mass is 317 g/mol. The third kappa shape index (κ3) is 4.09. The molecule has 3 heteroatoms. The largest absolute Gasteiger partial charge is 0.347 e. The van der Waals surface area contributed by atoms with Gasteiger partial charge < -0.3 is 5.32 Å². The van der Waals surface area contributed by atoms with Gasteiger partial charge in [-0.15, -0.1) is 11.3 Å². The smallest absolute Gasteiger partial charge is 0.262 e. The fraction of sp³-hybridized carbons (Fsp3) is 0.0500. The summed E-state index contributed by atoms with van der Waals surface area (Å²) >= 11 is 1.41. The highest BCUT2D eigenvalue weighted by molar-refractivity contribution is 7.12. The van der Waals surface area contributed by atoms with Crippen molar-refractivity contribution in [2.24, 2.45) is 0 Å². The number of hydrogen-bond donors (Lipinski definition) is 1. The molecule has 0 fully saturated rings. The number of rotatable bonds is 3. The van der Waals surface area contributed by atoms with Crippen LogP contribution in [0.4, 0.5) is 0 Å². The lowest BCUT2D eigenvalue weighted by atomic mass is 10.2. The van der Waals surface area contributed by atoms with Crippen molar-refractivity contribution in [1.82, 2.24) is 5.32 Å².